The summed E-state index contributed by atoms with van der Waals surface area (Å²) in [4.78, 5) is 4.13. The Bertz CT molecular complexity index is 241. The minimum absolute atomic E-state index is 0.175. The molecule has 0 fully saturated rings. The lowest BCUT2D eigenvalue weighted by atomic mass is 9.90. The number of anilines is 1. The number of aromatic nitrogens is 1. The molecular formula is C9H17N3S. The Morgan fingerprint density at radius 3 is 2.85 bits per heavy atom. The van der Waals surface area contributed by atoms with Gasteiger partial charge < -0.3 is 11.1 Å². The highest BCUT2D eigenvalue weighted by Gasteiger charge is 2.22. The molecular weight excluding hydrogens is 182 g/mol. The molecule has 1 aromatic heterocycles. The highest BCUT2D eigenvalue weighted by atomic mass is 32.1. The van der Waals surface area contributed by atoms with Crippen LogP contribution in [0.25, 0.3) is 0 Å². The van der Waals surface area contributed by atoms with Gasteiger partial charge in [0.2, 0.25) is 0 Å². The van der Waals surface area contributed by atoms with Crippen LogP contribution in [0, 0.1) is 5.92 Å². The zero-order chi connectivity index (χ0) is 9.90. The van der Waals surface area contributed by atoms with Crippen molar-refractivity contribution in [3.63, 3.8) is 0 Å². The van der Waals surface area contributed by atoms with Gasteiger partial charge in [-0.2, -0.15) is 0 Å². The maximum atomic E-state index is 6.09. The molecule has 4 heteroatoms. The second-order valence-corrected chi connectivity index (χ2v) is 4.75. The highest BCUT2D eigenvalue weighted by molar-refractivity contribution is 7.13. The quantitative estimate of drug-likeness (QED) is 0.779. The van der Waals surface area contributed by atoms with E-state index in [-0.39, 0.29) is 5.54 Å². The van der Waals surface area contributed by atoms with Gasteiger partial charge in [-0.05, 0) is 12.8 Å². The van der Waals surface area contributed by atoms with E-state index in [9.17, 15) is 0 Å². The summed E-state index contributed by atoms with van der Waals surface area (Å²) in [5.74, 6) is 0.458. The van der Waals surface area contributed by atoms with E-state index >= 15 is 0 Å². The van der Waals surface area contributed by atoms with Gasteiger partial charge in [0.15, 0.2) is 5.13 Å². The lowest BCUT2D eigenvalue weighted by molar-refractivity contribution is 0.358. The van der Waals surface area contributed by atoms with Crippen molar-refractivity contribution in [2.45, 2.75) is 26.3 Å². The molecule has 74 valence electrons. The Hall–Kier alpha value is -0.610. The molecule has 0 spiro atoms. The van der Waals surface area contributed by atoms with Crippen molar-refractivity contribution in [2.75, 3.05) is 11.9 Å². The molecule has 3 N–H and O–H groups in total. The average Bonchev–Trinajstić information content (AvgIpc) is 2.52. The summed E-state index contributed by atoms with van der Waals surface area (Å²) in [6.45, 7) is 7.07. The molecule has 0 bridgehead atoms. The number of nitrogens with zero attached hydrogens (tertiary/aromatic N) is 1. The van der Waals surface area contributed by atoms with Crippen molar-refractivity contribution in [3.8, 4) is 0 Å². The van der Waals surface area contributed by atoms with Gasteiger partial charge in [-0.1, -0.05) is 13.8 Å². The molecule has 1 aromatic rings. The highest BCUT2D eigenvalue weighted by Crippen LogP contribution is 2.16. The third kappa shape index (κ3) is 2.97. The van der Waals surface area contributed by atoms with Gasteiger partial charge in [-0.15, -0.1) is 11.3 Å². The van der Waals surface area contributed by atoms with Crippen LogP contribution in [0.2, 0.25) is 0 Å². The van der Waals surface area contributed by atoms with Crippen molar-refractivity contribution in [1.29, 1.82) is 0 Å². The van der Waals surface area contributed by atoms with Gasteiger partial charge >= 0.3 is 0 Å². The summed E-state index contributed by atoms with van der Waals surface area (Å²) in [5, 5.41) is 6.12. The number of thiazole rings is 1. The number of hydrogen-bond acceptors (Lipinski definition) is 4. The first kappa shape index (κ1) is 10.5. The maximum absolute atomic E-state index is 6.09. The van der Waals surface area contributed by atoms with E-state index in [0.29, 0.717) is 5.92 Å². The summed E-state index contributed by atoms with van der Waals surface area (Å²) in [7, 11) is 0. The third-order valence-electron chi connectivity index (χ3n) is 2.37. The molecule has 0 radical (unpaired) electrons. The smallest absolute Gasteiger partial charge is 0.182 e. The topological polar surface area (TPSA) is 50.9 Å². The van der Waals surface area contributed by atoms with Gasteiger partial charge in [0, 0.05) is 23.7 Å². The summed E-state index contributed by atoms with van der Waals surface area (Å²) in [5.41, 5.74) is 5.92. The van der Waals surface area contributed by atoms with Crippen molar-refractivity contribution in [2.24, 2.45) is 11.7 Å². The summed E-state index contributed by atoms with van der Waals surface area (Å²) in [6, 6.07) is 0. The fourth-order valence-corrected chi connectivity index (χ4v) is 1.31. The predicted molar refractivity (Wildman–Crippen MR) is 58.0 cm³/mol. The minimum atomic E-state index is -0.175. The SMILES string of the molecule is CC(C)C(C)(N)CNc1nccs1. The largest absolute Gasteiger partial charge is 0.360 e. The first-order valence-electron chi connectivity index (χ1n) is 4.44. The standard InChI is InChI=1S/C9H17N3S/c1-7(2)9(3,10)6-12-8-11-4-5-13-8/h4-5,7H,6,10H2,1-3H3,(H,11,12). The number of nitrogens with one attached hydrogen (secondary N) is 1. The van der Waals surface area contributed by atoms with E-state index in [1.54, 1.807) is 17.5 Å². The molecule has 0 saturated heterocycles. The molecule has 0 aliphatic heterocycles. The Morgan fingerprint density at radius 2 is 2.38 bits per heavy atom. The number of nitrogens with two attached hydrogens (primary N) is 1. The Labute approximate surface area is 83.4 Å². The third-order valence-corrected chi connectivity index (χ3v) is 3.10. The number of hydrogen-bond donors (Lipinski definition) is 2. The molecule has 1 unspecified atom stereocenters. The zero-order valence-corrected chi connectivity index (χ0v) is 9.19. The van der Waals surface area contributed by atoms with Crippen molar-refractivity contribution >= 4 is 16.5 Å². The van der Waals surface area contributed by atoms with Crippen LogP contribution in [-0.2, 0) is 0 Å². The molecule has 13 heavy (non-hydrogen) atoms. The first-order valence-corrected chi connectivity index (χ1v) is 5.32. The monoisotopic (exact) mass is 199 g/mol. The van der Waals surface area contributed by atoms with Gasteiger partial charge in [0.25, 0.3) is 0 Å². The number of rotatable bonds is 4. The van der Waals surface area contributed by atoms with Crippen LogP contribution >= 0.6 is 11.3 Å². The summed E-state index contributed by atoms with van der Waals surface area (Å²) in [6.07, 6.45) is 1.79. The van der Waals surface area contributed by atoms with E-state index in [2.05, 4.69) is 31.1 Å². The molecule has 1 rings (SSSR count). The Balaban J connectivity index is 2.42. The zero-order valence-electron chi connectivity index (χ0n) is 8.37. The Morgan fingerprint density at radius 1 is 1.69 bits per heavy atom. The molecule has 0 aromatic carbocycles. The normalized spacial score (nSPS) is 15.8. The van der Waals surface area contributed by atoms with Crippen LogP contribution < -0.4 is 11.1 Å². The lowest BCUT2D eigenvalue weighted by Gasteiger charge is -2.29. The molecule has 0 aliphatic rings. The predicted octanol–water partition coefficient (Wildman–Crippen LogP) is 1.93. The van der Waals surface area contributed by atoms with Crippen LogP contribution in [0.3, 0.4) is 0 Å². The van der Waals surface area contributed by atoms with Gasteiger partial charge in [0.05, 0.1) is 0 Å². The van der Waals surface area contributed by atoms with E-state index in [4.69, 9.17) is 5.73 Å². The molecule has 0 aliphatic carbocycles. The van der Waals surface area contributed by atoms with Crippen LogP contribution in [0.4, 0.5) is 5.13 Å². The van der Waals surface area contributed by atoms with E-state index < -0.39 is 0 Å². The molecule has 3 nitrogen and oxygen atoms in total. The summed E-state index contributed by atoms with van der Waals surface area (Å²) >= 11 is 1.60. The van der Waals surface area contributed by atoms with Crippen LogP contribution in [-0.4, -0.2) is 17.1 Å². The molecule has 1 heterocycles. The Kier molecular flexibility index (Phi) is 3.27. The van der Waals surface area contributed by atoms with Crippen molar-refractivity contribution in [3.05, 3.63) is 11.6 Å². The van der Waals surface area contributed by atoms with Crippen LogP contribution in [0.15, 0.2) is 11.6 Å². The second-order valence-electron chi connectivity index (χ2n) is 3.85. The van der Waals surface area contributed by atoms with E-state index in [1.807, 2.05) is 5.38 Å². The van der Waals surface area contributed by atoms with Crippen molar-refractivity contribution < 1.29 is 0 Å². The van der Waals surface area contributed by atoms with Crippen LogP contribution in [0.5, 0.6) is 0 Å². The average molecular weight is 199 g/mol. The molecule has 0 saturated carbocycles. The summed E-state index contributed by atoms with van der Waals surface area (Å²) < 4.78 is 0. The fourth-order valence-electron chi connectivity index (χ4n) is 0.781. The fraction of sp³-hybridized carbons (Fsp3) is 0.667. The van der Waals surface area contributed by atoms with Crippen LogP contribution in [0.1, 0.15) is 20.8 Å². The van der Waals surface area contributed by atoms with Gasteiger partial charge in [-0.25, -0.2) is 4.98 Å². The van der Waals surface area contributed by atoms with E-state index in [1.165, 1.54) is 0 Å². The molecule has 0 amide bonds. The maximum Gasteiger partial charge on any atom is 0.182 e. The lowest BCUT2D eigenvalue weighted by Crippen LogP contribution is -2.47. The van der Waals surface area contributed by atoms with E-state index in [0.717, 1.165) is 11.7 Å². The first-order chi connectivity index (χ1) is 6.02. The van der Waals surface area contributed by atoms with Crippen molar-refractivity contribution in [1.82, 2.24) is 4.98 Å². The molecule has 1 atom stereocenters. The second kappa shape index (κ2) is 4.07. The minimum Gasteiger partial charge on any atom is -0.360 e. The van der Waals surface area contributed by atoms with Gasteiger partial charge in [-0.3, -0.25) is 0 Å². The van der Waals surface area contributed by atoms with Gasteiger partial charge in [0.1, 0.15) is 0 Å².